The van der Waals surface area contributed by atoms with Crippen LogP contribution < -0.4 is 5.32 Å². The maximum Gasteiger partial charge on any atom is 0.141 e. The predicted molar refractivity (Wildman–Crippen MR) is 57.9 cm³/mol. The summed E-state index contributed by atoms with van der Waals surface area (Å²) in [5, 5.41) is 3.47. The van der Waals surface area contributed by atoms with Gasteiger partial charge in [-0.05, 0) is 31.9 Å². The van der Waals surface area contributed by atoms with Crippen molar-refractivity contribution in [2.24, 2.45) is 0 Å². The monoisotopic (exact) mass is 206 g/mol. The zero-order valence-electron chi connectivity index (χ0n) is 8.78. The molecule has 0 saturated heterocycles. The number of hydrogen-bond donors (Lipinski definition) is 1. The van der Waals surface area contributed by atoms with E-state index in [-0.39, 0.29) is 11.9 Å². The fraction of sp³-hybridized carbons (Fsp3) is 0.417. The third-order valence-electron chi connectivity index (χ3n) is 2.69. The Morgan fingerprint density at radius 3 is 2.73 bits per heavy atom. The van der Waals surface area contributed by atoms with Gasteiger partial charge in [-0.2, -0.15) is 0 Å². The van der Waals surface area contributed by atoms with E-state index in [1.807, 2.05) is 0 Å². The van der Waals surface area contributed by atoms with Crippen molar-refractivity contribution in [2.75, 3.05) is 0 Å². The average Bonchev–Trinajstić information content (AvgIpc) is 2.71. The van der Waals surface area contributed by atoms with Crippen LogP contribution in [0.1, 0.15) is 31.5 Å². The Morgan fingerprint density at radius 1 is 1.40 bits per heavy atom. The Morgan fingerprint density at radius 2 is 2.13 bits per heavy atom. The van der Waals surface area contributed by atoms with E-state index in [0.717, 1.165) is 18.5 Å². The summed E-state index contributed by atoms with van der Waals surface area (Å²) in [5.41, 5.74) is 0.892. The first-order chi connectivity index (χ1) is 7.25. The van der Waals surface area contributed by atoms with Crippen LogP contribution in [0.3, 0.4) is 0 Å². The normalized spacial score (nSPS) is 18.3. The van der Waals surface area contributed by atoms with Gasteiger partial charge in [-0.15, -0.1) is 0 Å². The highest BCUT2D eigenvalue weighted by atomic mass is 19.1. The van der Waals surface area contributed by atoms with Crippen molar-refractivity contribution in [3.05, 3.63) is 42.0 Å². The second kappa shape index (κ2) is 4.53. The number of nitrogens with one attached hydrogen (secondary N) is 1. The van der Waals surface area contributed by atoms with Crippen molar-refractivity contribution >= 4 is 0 Å². The lowest BCUT2D eigenvalue weighted by molar-refractivity contribution is 0.463. The van der Waals surface area contributed by atoms with E-state index in [0.29, 0.717) is 6.04 Å². The molecule has 15 heavy (non-hydrogen) atoms. The number of halogens is 1. The van der Waals surface area contributed by atoms with Gasteiger partial charge in [-0.3, -0.25) is 4.98 Å². The summed E-state index contributed by atoms with van der Waals surface area (Å²) in [6.45, 7) is 2.05. The first-order valence-electron chi connectivity index (χ1n) is 5.28. The molecule has 1 aromatic heterocycles. The van der Waals surface area contributed by atoms with Crippen LogP contribution in [-0.2, 0) is 0 Å². The molecule has 1 heterocycles. The molecular weight excluding hydrogens is 191 g/mol. The van der Waals surface area contributed by atoms with Crippen molar-refractivity contribution in [1.29, 1.82) is 0 Å². The Labute approximate surface area is 89.2 Å². The van der Waals surface area contributed by atoms with Crippen LogP contribution in [0.2, 0.25) is 0 Å². The summed E-state index contributed by atoms with van der Waals surface area (Å²) in [5.74, 6) is -0.284. The zero-order valence-corrected chi connectivity index (χ0v) is 8.78. The van der Waals surface area contributed by atoms with Crippen molar-refractivity contribution < 1.29 is 4.39 Å². The largest absolute Gasteiger partial charge is 0.305 e. The van der Waals surface area contributed by atoms with E-state index in [4.69, 9.17) is 0 Å². The van der Waals surface area contributed by atoms with Crippen LogP contribution in [0.25, 0.3) is 0 Å². The van der Waals surface area contributed by atoms with Crippen LogP contribution >= 0.6 is 0 Å². The first kappa shape index (κ1) is 10.3. The van der Waals surface area contributed by atoms with E-state index in [9.17, 15) is 4.39 Å². The molecule has 2 nitrogen and oxygen atoms in total. The topological polar surface area (TPSA) is 24.9 Å². The van der Waals surface area contributed by atoms with Gasteiger partial charge in [0, 0.05) is 12.1 Å². The number of hydrogen-bond acceptors (Lipinski definition) is 2. The average molecular weight is 206 g/mol. The summed E-state index contributed by atoms with van der Waals surface area (Å²) in [7, 11) is 0. The molecule has 0 radical (unpaired) electrons. The molecular formula is C12H15FN2. The summed E-state index contributed by atoms with van der Waals surface area (Å²) in [6, 6.07) is 3.87. The van der Waals surface area contributed by atoms with Gasteiger partial charge in [0.15, 0.2) is 0 Å². The molecule has 0 bridgehead atoms. The molecule has 0 spiro atoms. The lowest BCUT2D eigenvalue weighted by Crippen LogP contribution is -2.29. The SMILES string of the molecule is CC(NC1CC=CC1)c1ccc(F)cn1. The van der Waals surface area contributed by atoms with E-state index in [1.165, 1.54) is 12.3 Å². The quantitative estimate of drug-likeness (QED) is 0.769. The van der Waals surface area contributed by atoms with Crippen molar-refractivity contribution in [3.63, 3.8) is 0 Å². The highest BCUT2D eigenvalue weighted by Crippen LogP contribution is 2.16. The zero-order chi connectivity index (χ0) is 10.7. The number of rotatable bonds is 3. The van der Waals surface area contributed by atoms with Gasteiger partial charge < -0.3 is 5.32 Å². The Bertz CT molecular complexity index is 337. The van der Waals surface area contributed by atoms with E-state index in [1.54, 1.807) is 6.07 Å². The molecule has 0 fully saturated rings. The van der Waals surface area contributed by atoms with E-state index < -0.39 is 0 Å². The molecule has 1 aliphatic rings. The number of pyridine rings is 1. The van der Waals surface area contributed by atoms with Crippen molar-refractivity contribution in [1.82, 2.24) is 10.3 Å². The van der Waals surface area contributed by atoms with Crippen LogP contribution in [0.4, 0.5) is 4.39 Å². The smallest absolute Gasteiger partial charge is 0.141 e. The van der Waals surface area contributed by atoms with Crippen LogP contribution in [0, 0.1) is 5.82 Å². The Hall–Kier alpha value is -1.22. The second-order valence-corrected chi connectivity index (χ2v) is 3.93. The first-order valence-corrected chi connectivity index (χ1v) is 5.28. The lowest BCUT2D eigenvalue weighted by atomic mass is 10.1. The molecule has 1 atom stereocenters. The molecule has 1 unspecified atom stereocenters. The van der Waals surface area contributed by atoms with Crippen LogP contribution in [0.15, 0.2) is 30.5 Å². The minimum Gasteiger partial charge on any atom is -0.305 e. The highest BCUT2D eigenvalue weighted by molar-refractivity contribution is 5.10. The molecule has 1 aliphatic carbocycles. The molecule has 2 rings (SSSR count). The maximum absolute atomic E-state index is 12.7. The van der Waals surface area contributed by atoms with Gasteiger partial charge in [0.2, 0.25) is 0 Å². The summed E-state index contributed by atoms with van der Waals surface area (Å²) >= 11 is 0. The second-order valence-electron chi connectivity index (χ2n) is 3.93. The fourth-order valence-electron chi connectivity index (χ4n) is 1.84. The van der Waals surface area contributed by atoms with Gasteiger partial charge >= 0.3 is 0 Å². The third-order valence-corrected chi connectivity index (χ3v) is 2.69. The molecule has 3 heteroatoms. The highest BCUT2D eigenvalue weighted by Gasteiger charge is 2.14. The minimum absolute atomic E-state index is 0.176. The van der Waals surface area contributed by atoms with Gasteiger partial charge in [0.05, 0.1) is 11.9 Å². The summed E-state index contributed by atoms with van der Waals surface area (Å²) < 4.78 is 12.7. The summed E-state index contributed by atoms with van der Waals surface area (Å²) in [4.78, 5) is 4.06. The standard InChI is InChI=1S/C12H15FN2/c1-9(15-11-4-2-3-5-11)12-7-6-10(13)8-14-12/h2-3,6-9,11,15H,4-5H2,1H3. The molecule has 1 N–H and O–H groups in total. The minimum atomic E-state index is -0.284. The fourth-order valence-corrected chi connectivity index (χ4v) is 1.84. The van der Waals surface area contributed by atoms with Gasteiger partial charge in [0.1, 0.15) is 5.82 Å². The lowest BCUT2D eigenvalue weighted by Gasteiger charge is -2.18. The van der Waals surface area contributed by atoms with Gasteiger partial charge in [-0.25, -0.2) is 4.39 Å². The van der Waals surface area contributed by atoms with E-state index in [2.05, 4.69) is 29.4 Å². The van der Waals surface area contributed by atoms with Gasteiger partial charge in [0.25, 0.3) is 0 Å². The van der Waals surface area contributed by atoms with Crippen LogP contribution in [0.5, 0.6) is 0 Å². The van der Waals surface area contributed by atoms with Crippen molar-refractivity contribution in [2.45, 2.75) is 31.8 Å². The Balaban J connectivity index is 1.95. The predicted octanol–water partition coefficient (Wildman–Crippen LogP) is 2.59. The van der Waals surface area contributed by atoms with E-state index >= 15 is 0 Å². The molecule has 0 aliphatic heterocycles. The molecule has 80 valence electrons. The van der Waals surface area contributed by atoms with Crippen molar-refractivity contribution in [3.8, 4) is 0 Å². The molecule has 0 saturated carbocycles. The maximum atomic E-state index is 12.7. The third kappa shape index (κ3) is 2.63. The number of nitrogens with zero attached hydrogens (tertiary/aromatic N) is 1. The molecule has 0 aromatic carbocycles. The Kier molecular flexibility index (Phi) is 3.11. The number of aromatic nitrogens is 1. The molecule has 1 aromatic rings. The van der Waals surface area contributed by atoms with Crippen LogP contribution in [-0.4, -0.2) is 11.0 Å². The summed E-state index contributed by atoms with van der Waals surface area (Å²) in [6.07, 6.45) is 7.78. The molecule has 0 amide bonds. The van der Waals surface area contributed by atoms with Gasteiger partial charge in [-0.1, -0.05) is 12.2 Å².